The van der Waals surface area contributed by atoms with E-state index in [4.69, 9.17) is 0 Å². The normalized spacial score (nSPS) is 21.5. The first-order valence-electron chi connectivity index (χ1n) is 6.05. The lowest BCUT2D eigenvalue weighted by Crippen LogP contribution is -2.29. The Bertz CT molecular complexity index is 439. The predicted molar refractivity (Wildman–Crippen MR) is 66.3 cm³/mol. The summed E-state index contributed by atoms with van der Waals surface area (Å²) in [6.07, 6.45) is 2.51. The Morgan fingerprint density at radius 1 is 1.24 bits per heavy atom. The van der Waals surface area contributed by atoms with Gasteiger partial charge in [0.05, 0.1) is 5.92 Å². The SMILES string of the molecule is O=C1CCCC[C@@H]1[C@H](O)C#Cc1ccccc1. The quantitative estimate of drug-likeness (QED) is 0.748. The molecule has 0 unspecified atom stereocenters. The van der Waals surface area contributed by atoms with Crippen molar-refractivity contribution in [3.05, 3.63) is 35.9 Å². The summed E-state index contributed by atoms with van der Waals surface area (Å²) in [6.45, 7) is 0. The van der Waals surface area contributed by atoms with Gasteiger partial charge < -0.3 is 5.11 Å². The zero-order valence-corrected chi connectivity index (χ0v) is 9.73. The third-order valence-electron chi connectivity index (χ3n) is 3.12. The van der Waals surface area contributed by atoms with E-state index < -0.39 is 6.10 Å². The molecule has 1 N–H and O–H groups in total. The van der Waals surface area contributed by atoms with Crippen molar-refractivity contribution in [2.24, 2.45) is 5.92 Å². The van der Waals surface area contributed by atoms with Crippen LogP contribution in [0.1, 0.15) is 31.2 Å². The highest BCUT2D eigenvalue weighted by molar-refractivity contribution is 5.82. The lowest BCUT2D eigenvalue weighted by atomic mass is 9.84. The third kappa shape index (κ3) is 3.18. The molecule has 2 rings (SSSR count). The minimum Gasteiger partial charge on any atom is -0.380 e. The van der Waals surface area contributed by atoms with Crippen molar-refractivity contribution in [3.8, 4) is 11.8 Å². The van der Waals surface area contributed by atoms with E-state index in [9.17, 15) is 9.90 Å². The van der Waals surface area contributed by atoms with Gasteiger partial charge in [-0.05, 0) is 25.0 Å². The van der Waals surface area contributed by atoms with Crippen LogP contribution in [0.25, 0.3) is 0 Å². The molecule has 0 spiro atoms. The Hall–Kier alpha value is -1.59. The molecular weight excluding hydrogens is 212 g/mol. The fraction of sp³-hybridized carbons (Fsp3) is 0.400. The molecule has 17 heavy (non-hydrogen) atoms. The Balaban J connectivity index is 2.04. The number of hydrogen-bond donors (Lipinski definition) is 1. The molecule has 88 valence electrons. The number of carbonyl (C=O) groups excluding carboxylic acids is 1. The molecule has 0 saturated heterocycles. The van der Waals surface area contributed by atoms with Gasteiger partial charge in [0.25, 0.3) is 0 Å². The van der Waals surface area contributed by atoms with E-state index in [-0.39, 0.29) is 11.7 Å². The van der Waals surface area contributed by atoms with Gasteiger partial charge in [-0.2, -0.15) is 0 Å². The number of rotatable bonds is 1. The highest BCUT2D eigenvalue weighted by Gasteiger charge is 2.27. The molecule has 0 heterocycles. The van der Waals surface area contributed by atoms with Gasteiger partial charge in [-0.15, -0.1) is 0 Å². The fourth-order valence-corrected chi connectivity index (χ4v) is 2.12. The number of Topliss-reactive ketones (excluding diaryl/α,β-unsaturated/α-hetero) is 1. The highest BCUT2D eigenvalue weighted by Crippen LogP contribution is 2.23. The third-order valence-corrected chi connectivity index (χ3v) is 3.12. The predicted octanol–water partition coefficient (Wildman–Crippen LogP) is 2.16. The smallest absolute Gasteiger partial charge is 0.139 e. The van der Waals surface area contributed by atoms with Crippen LogP contribution in [0.5, 0.6) is 0 Å². The Morgan fingerprint density at radius 3 is 2.71 bits per heavy atom. The van der Waals surface area contributed by atoms with Crippen molar-refractivity contribution in [2.75, 3.05) is 0 Å². The van der Waals surface area contributed by atoms with E-state index in [1.54, 1.807) is 0 Å². The van der Waals surface area contributed by atoms with Crippen LogP contribution in [0.2, 0.25) is 0 Å². The van der Waals surface area contributed by atoms with Gasteiger partial charge in [0.1, 0.15) is 11.9 Å². The first kappa shape index (κ1) is 11.9. The van der Waals surface area contributed by atoms with Gasteiger partial charge in [0, 0.05) is 12.0 Å². The summed E-state index contributed by atoms with van der Waals surface area (Å²) in [7, 11) is 0. The number of carbonyl (C=O) groups is 1. The molecule has 1 saturated carbocycles. The first-order valence-corrected chi connectivity index (χ1v) is 6.05. The molecule has 1 aliphatic rings. The number of benzene rings is 1. The van der Waals surface area contributed by atoms with Gasteiger partial charge in [-0.1, -0.05) is 36.5 Å². The van der Waals surface area contributed by atoms with E-state index in [1.165, 1.54) is 0 Å². The minimum absolute atomic E-state index is 0.158. The average Bonchev–Trinajstić information content (AvgIpc) is 2.38. The summed E-state index contributed by atoms with van der Waals surface area (Å²) in [5.74, 6) is 5.57. The van der Waals surface area contributed by atoms with E-state index in [2.05, 4.69) is 11.8 Å². The maximum Gasteiger partial charge on any atom is 0.139 e. The molecule has 1 fully saturated rings. The number of aliphatic hydroxyl groups is 1. The summed E-state index contributed by atoms with van der Waals surface area (Å²) in [5, 5.41) is 9.91. The molecular formula is C15H16O2. The van der Waals surface area contributed by atoms with E-state index in [1.807, 2.05) is 30.3 Å². The van der Waals surface area contributed by atoms with Crippen LogP contribution in [0.3, 0.4) is 0 Å². The summed E-state index contributed by atoms with van der Waals surface area (Å²) in [4.78, 5) is 11.6. The zero-order valence-electron chi connectivity index (χ0n) is 9.73. The highest BCUT2D eigenvalue weighted by atomic mass is 16.3. The standard InChI is InChI=1S/C15H16O2/c16-14-9-5-4-8-13(14)15(17)11-10-12-6-2-1-3-7-12/h1-3,6-7,13,15,17H,4-5,8-9H2/t13-,15+/m0/s1. The summed E-state index contributed by atoms with van der Waals surface area (Å²) in [6, 6.07) is 9.52. The molecule has 0 radical (unpaired) electrons. The Morgan fingerprint density at radius 2 is 2.00 bits per heavy atom. The summed E-state index contributed by atoms with van der Waals surface area (Å²) >= 11 is 0. The van der Waals surface area contributed by atoms with Crippen LogP contribution < -0.4 is 0 Å². The van der Waals surface area contributed by atoms with Crippen molar-refractivity contribution < 1.29 is 9.90 Å². The molecule has 2 heteroatoms. The van der Waals surface area contributed by atoms with Gasteiger partial charge >= 0.3 is 0 Å². The van der Waals surface area contributed by atoms with Crippen molar-refractivity contribution in [3.63, 3.8) is 0 Å². The maximum absolute atomic E-state index is 11.6. The van der Waals surface area contributed by atoms with Crippen molar-refractivity contribution in [2.45, 2.75) is 31.8 Å². The number of aliphatic hydroxyl groups excluding tert-OH is 1. The minimum atomic E-state index is -0.817. The summed E-state index contributed by atoms with van der Waals surface area (Å²) in [5.41, 5.74) is 0.870. The molecule has 2 nitrogen and oxygen atoms in total. The van der Waals surface area contributed by atoms with Gasteiger partial charge in [-0.25, -0.2) is 0 Å². The van der Waals surface area contributed by atoms with Gasteiger partial charge in [0.2, 0.25) is 0 Å². The fourth-order valence-electron chi connectivity index (χ4n) is 2.12. The molecule has 2 atom stereocenters. The second kappa shape index (κ2) is 5.65. The zero-order chi connectivity index (χ0) is 12.1. The van der Waals surface area contributed by atoms with E-state index in [0.717, 1.165) is 24.8 Å². The summed E-state index contributed by atoms with van der Waals surface area (Å²) < 4.78 is 0. The Kier molecular flexibility index (Phi) is 3.95. The van der Waals surface area contributed by atoms with Crippen LogP contribution >= 0.6 is 0 Å². The Labute approximate surface area is 102 Å². The molecule has 0 amide bonds. The van der Waals surface area contributed by atoms with Crippen LogP contribution in [0.15, 0.2) is 30.3 Å². The van der Waals surface area contributed by atoms with Crippen molar-refractivity contribution in [1.29, 1.82) is 0 Å². The molecule has 0 bridgehead atoms. The van der Waals surface area contributed by atoms with E-state index >= 15 is 0 Å². The molecule has 0 aromatic heterocycles. The molecule has 1 aromatic carbocycles. The lowest BCUT2D eigenvalue weighted by Gasteiger charge is -2.21. The van der Waals surface area contributed by atoms with Crippen LogP contribution in [0.4, 0.5) is 0 Å². The number of hydrogen-bond acceptors (Lipinski definition) is 2. The second-order valence-electron chi connectivity index (χ2n) is 4.40. The molecule has 0 aliphatic heterocycles. The van der Waals surface area contributed by atoms with Crippen LogP contribution in [-0.2, 0) is 4.79 Å². The van der Waals surface area contributed by atoms with Gasteiger partial charge in [-0.3, -0.25) is 4.79 Å². The number of ketones is 1. The molecule has 1 aromatic rings. The largest absolute Gasteiger partial charge is 0.380 e. The van der Waals surface area contributed by atoms with Crippen molar-refractivity contribution >= 4 is 5.78 Å². The monoisotopic (exact) mass is 228 g/mol. The second-order valence-corrected chi connectivity index (χ2v) is 4.40. The average molecular weight is 228 g/mol. The van der Waals surface area contributed by atoms with Gasteiger partial charge in [0.15, 0.2) is 0 Å². The molecule has 1 aliphatic carbocycles. The topological polar surface area (TPSA) is 37.3 Å². The van der Waals surface area contributed by atoms with E-state index in [0.29, 0.717) is 6.42 Å². The van der Waals surface area contributed by atoms with Crippen LogP contribution in [-0.4, -0.2) is 17.0 Å². The van der Waals surface area contributed by atoms with Crippen LogP contribution in [0, 0.1) is 17.8 Å². The maximum atomic E-state index is 11.6. The first-order chi connectivity index (χ1) is 8.27. The lowest BCUT2D eigenvalue weighted by molar-refractivity contribution is -0.127. The van der Waals surface area contributed by atoms with Crippen molar-refractivity contribution in [1.82, 2.24) is 0 Å².